The lowest BCUT2D eigenvalue weighted by atomic mass is 10.2. The summed E-state index contributed by atoms with van der Waals surface area (Å²) in [7, 11) is 0. The molecule has 0 saturated carbocycles. The Balaban J connectivity index is 1.37. The first-order valence-corrected chi connectivity index (χ1v) is 8.53. The predicted octanol–water partition coefficient (Wildman–Crippen LogP) is 3.34. The van der Waals surface area contributed by atoms with Crippen molar-refractivity contribution in [2.24, 2.45) is 0 Å². The molecule has 4 rings (SSSR count). The molecular formula is C17H13N5O2S. The second-order valence-electron chi connectivity index (χ2n) is 5.17. The van der Waals surface area contributed by atoms with E-state index < -0.39 is 0 Å². The Kier molecular flexibility index (Phi) is 4.17. The molecule has 0 unspecified atom stereocenters. The van der Waals surface area contributed by atoms with Crippen molar-refractivity contribution in [3.63, 3.8) is 0 Å². The number of carbonyl (C=O) groups excluding carboxylic acids is 1. The number of aromatic nitrogens is 4. The van der Waals surface area contributed by atoms with Gasteiger partial charge in [0.05, 0.1) is 16.8 Å². The van der Waals surface area contributed by atoms with Gasteiger partial charge < -0.3 is 9.40 Å². The zero-order valence-corrected chi connectivity index (χ0v) is 13.8. The monoisotopic (exact) mass is 351 g/mol. The number of hydrogen-bond donors (Lipinski definition) is 2. The number of thioether (sulfide) groups is 1. The normalized spacial score (nSPS) is 10.9. The number of nitrogens with one attached hydrogen (secondary N) is 2. The third-order valence-electron chi connectivity index (χ3n) is 3.40. The molecule has 7 nitrogen and oxygen atoms in total. The van der Waals surface area contributed by atoms with Gasteiger partial charge in [-0.15, -0.1) is 5.10 Å². The molecule has 2 heterocycles. The molecule has 124 valence electrons. The van der Waals surface area contributed by atoms with Gasteiger partial charge in [-0.1, -0.05) is 47.2 Å². The Labute approximate surface area is 146 Å². The summed E-state index contributed by atoms with van der Waals surface area (Å²) in [5.41, 5.74) is 2.61. The van der Waals surface area contributed by atoms with Crippen molar-refractivity contribution >= 4 is 34.7 Å². The van der Waals surface area contributed by atoms with Crippen molar-refractivity contribution in [2.75, 3.05) is 11.1 Å². The van der Waals surface area contributed by atoms with Crippen molar-refractivity contribution in [3.05, 3.63) is 54.6 Å². The molecule has 2 aromatic heterocycles. The largest absolute Gasteiger partial charge is 0.403 e. The third-order valence-corrected chi connectivity index (χ3v) is 4.27. The van der Waals surface area contributed by atoms with E-state index in [1.165, 1.54) is 11.8 Å². The number of nitrogens with zero attached hydrogens (tertiary/aromatic N) is 3. The summed E-state index contributed by atoms with van der Waals surface area (Å²) < 4.78 is 5.45. The lowest BCUT2D eigenvalue weighted by Crippen LogP contribution is -2.14. The lowest BCUT2D eigenvalue weighted by Gasteiger charge is -1.98. The fourth-order valence-corrected chi connectivity index (χ4v) is 2.94. The Morgan fingerprint density at radius 3 is 2.72 bits per heavy atom. The average molecular weight is 351 g/mol. The second-order valence-corrected chi connectivity index (χ2v) is 6.14. The molecule has 0 radical (unpaired) electrons. The van der Waals surface area contributed by atoms with Crippen LogP contribution >= 0.6 is 11.8 Å². The van der Waals surface area contributed by atoms with Crippen molar-refractivity contribution in [3.8, 4) is 11.5 Å². The fourth-order valence-electron chi connectivity index (χ4n) is 2.26. The van der Waals surface area contributed by atoms with Gasteiger partial charge in [-0.3, -0.25) is 10.1 Å². The highest BCUT2D eigenvalue weighted by molar-refractivity contribution is 7.99. The number of aromatic amines is 1. The Morgan fingerprint density at radius 1 is 1.08 bits per heavy atom. The number of anilines is 1. The number of H-pyrrole nitrogens is 1. The molecule has 0 aliphatic carbocycles. The highest BCUT2D eigenvalue weighted by Crippen LogP contribution is 2.21. The molecule has 0 fully saturated rings. The second kappa shape index (κ2) is 6.78. The maximum absolute atomic E-state index is 12.0. The van der Waals surface area contributed by atoms with E-state index in [0.717, 1.165) is 16.6 Å². The van der Waals surface area contributed by atoms with E-state index in [-0.39, 0.29) is 17.7 Å². The Bertz CT molecular complexity index is 979. The summed E-state index contributed by atoms with van der Waals surface area (Å²) in [6, 6.07) is 17.2. The van der Waals surface area contributed by atoms with E-state index >= 15 is 0 Å². The fraction of sp³-hybridized carbons (Fsp3) is 0.0588. The number of carbonyl (C=O) groups is 1. The molecule has 0 saturated heterocycles. The van der Waals surface area contributed by atoms with E-state index in [0.29, 0.717) is 11.0 Å². The maximum atomic E-state index is 12.0. The predicted molar refractivity (Wildman–Crippen MR) is 95.2 cm³/mol. The molecule has 4 aromatic rings. The molecule has 0 aliphatic heterocycles. The van der Waals surface area contributed by atoms with Crippen LogP contribution in [0.3, 0.4) is 0 Å². The molecule has 2 aromatic carbocycles. The number of para-hydroxylation sites is 2. The number of fused-ring (bicyclic) bond motifs is 1. The van der Waals surface area contributed by atoms with Crippen molar-refractivity contribution in [1.82, 2.24) is 20.2 Å². The molecule has 0 aliphatic rings. The van der Waals surface area contributed by atoms with Gasteiger partial charge in [-0.05, 0) is 24.3 Å². The minimum absolute atomic E-state index is 0.0778. The zero-order valence-electron chi connectivity index (χ0n) is 13.0. The molecular weight excluding hydrogens is 338 g/mol. The minimum atomic E-state index is -0.242. The number of hydrogen-bond acceptors (Lipinski definition) is 6. The Morgan fingerprint density at radius 2 is 1.88 bits per heavy atom. The van der Waals surface area contributed by atoms with E-state index in [2.05, 4.69) is 25.5 Å². The van der Waals surface area contributed by atoms with Crippen LogP contribution in [-0.4, -0.2) is 31.8 Å². The summed E-state index contributed by atoms with van der Waals surface area (Å²) in [5, 5.41) is 11.1. The van der Waals surface area contributed by atoms with Gasteiger partial charge in [0, 0.05) is 5.56 Å². The van der Waals surface area contributed by atoms with Crippen molar-refractivity contribution < 1.29 is 9.21 Å². The maximum Gasteiger partial charge on any atom is 0.322 e. The average Bonchev–Trinajstić information content (AvgIpc) is 3.27. The highest BCUT2D eigenvalue weighted by Gasteiger charge is 2.12. The van der Waals surface area contributed by atoms with Gasteiger partial charge in [-0.25, -0.2) is 4.98 Å². The summed E-state index contributed by atoms with van der Waals surface area (Å²) in [6.07, 6.45) is 0. The van der Waals surface area contributed by atoms with E-state index in [1.54, 1.807) is 0 Å². The Hall–Kier alpha value is -3.13. The summed E-state index contributed by atoms with van der Waals surface area (Å²) in [6.45, 7) is 0. The standard InChI is InChI=1S/C17H13N5O2S/c23-14(10-25-17-18-12-8-4-5-9-13(12)19-17)20-16-22-21-15(24-16)11-6-2-1-3-7-11/h1-9H,10H2,(H,18,19)(H,20,22,23). The summed E-state index contributed by atoms with van der Waals surface area (Å²) in [4.78, 5) is 19.6. The van der Waals surface area contributed by atoms with Gasteiger partial charge in [0.2, 0.25) is 11.8 Å². The van der Waals surface area contributed by atoms with Crippen LogP contribution in [0.25, 0.3) is 22.5 Å². The minimum Gasteiger partial charge on any atom is -0.403 e. The van der Waals surface area contributed by atoms with Crippen LogP contribution in [-0.2, 0) is 4.79 Å². The van der Waals surface area contributed by atoms with Gasteiger partial charge in [0.25, 0.3) is 0 Å². The molecule has 8 heteroatoms. The van der Waals surface area contributed by atoms with Gasteiger partial charge in [-0.2, -0.15) is 0 Å². The van der Waals surface area contributed by atoms with Crippen LogP contribution in [0.4, 0.5) is 6.01 Å². The molecule has 1 amide bonds. The van der Waals surface area contributed by atoms with Gasteiger partial charge in [0.15, 0.2) is 5.16 Å². The first kappa shape index (κ1) is 15.4. The van der Waals surface area contributed by atoms with Crippen LogP contribution < -0.4 is 5.32 Å². The smallest absolute Gasteiger partial charge is 0.322 e. The van der Waals surface area contributed by atoms with Gasteiger partial charge >= 0.3 is 6.01 Å². The van der Waals surface area contributed by atoms with Crippen LogP contribution in [0, 0.1) is 0 Å². The molecule has 25 heavy (non-hydrogen) atoms. The first-order valence-electron chi connectivity index (χ1n) is 7.54. The van der Waals surface area contributed by atoms with Crippen LogP contribution in [0.15, 0.2) is 64.2 Å². The number of imidazole rings is 1. The quantitative estimate of drug-likeness (QED) is 0.535. The topological polar surface area (TPSA) is 96.7 Å². The number of rotatable bonds is 5. The van der Waals surface area contributed by atoms with Crippen LogP contribution in [0.5, 0.6) is 0 Å². The number of benzene rings is 2. The zero-order chi connectivity index (χ0) is 17.1. The number of amides is 1. The van der Waals surface area contributed by atoms with Crippen molar-refractivity contribution in [1.29, 1.82) is 0 Å². The van der Waals surface area contributed by atoms with Gasteiger partial charge in [0.1, 0.15) is 0 Å². The van der Waals surface area contributed by atoms with Crippen LogP contribution in [0.2, 0.25) is 0 Å². The molecule has 0 spiro atoms. The lowest BCUT2D eigenvalue weighted by molar-refractivity contribution is -0.113. The third kappa shape index (κ3) is 3.53. The van der Waals surface area contributed by atoms with E-state index in [1.807, 2.05) is 54.6 Å². The SMILES string of the molecule is O=C(CSc1nc2ccccc2[nH]1)Nc1nnc(-c2ccccc2)o1. The first-order chi connectivity index (χ1) is 12.3. The molecule has 2 N–H and O–H groups in total. The summed E-state index contributed by atoms with van der Waals surface area (Å²) in [5.74, 6) is 0.303. The van der Waals surface area contributed by atoms with Crippen LogP contribution in [0.1, 0.15) is 0 Å². The van der Waals surface area contributed by atoms with E-state index in [9.17, 15) is 4.79 Å². The van der Waals surface area contributed by atoms with E-state index in [4.69, 9.17) is 4.42 Å². The summed E-state index contributed by atoms with van der Waals surface area (Å²) >= 11 is 1.31. The molecule has 0 atom stereocenters. The highest BCUT2D eigenvalue weighted by atomic mass is 32.2. The molecule has 0 bridgehead atoms. The van der Waals surface area contributed by atoms with Crippen molar-refractivity contribution in [2.45, 2.75) is 5.16 Å².